The van der Waals surface area contributed by atoms with E-state index in [-0.39, 0.29) is 5.91 Å². The third-order valence-electron chi connectivity index (χ3n) is 3.62. The van der Waals surface area contributed by atoms with Crippen molar-refractivity contribution in [2.45, 2.75) is 6.92 Å². The molecule has 0 fully saturated rings. The van der Waals surface area contributed by atoms with Crippen LogP contribution < -0.4 is 25.1 Å². The van der Waals surface area contributed by atoms with Crippen molar-refractivity contribution in [1.82, 2.24) is 10.4 Å². The van der Waals surface area contributed by atoms with Gasteiger partial charge < -0.3 is 14.2 Å². The standard InChI is InChI=1S/C18H19N3O4S/c1-4-25-13-6-5-7-15-16(13)19-18(26-15)21-20-17(22)12-9-8-11(23-2)10-14(12)24-3/h5-10H,4H2,1-3H3,(H,19,21)(H,20,22). The second-order valence-corrected chi connectivity index (χ2v) is 6.23. The molecular formula is C18H19N3O4S. The predicted octanol–water partition coefficient (Wildman–Crippen LogP) is 3.47. The molecule has 8 heteroatoms. The van der Waals surface area contributed by atoms with Crippen LogP contribution in [0.1, 0.15) is 17.3 Å². The summed E-state index contributed by atoms with van der Waals surface area (Å²) in [4.78, 5) is 16.9. The van der Waals surface area contributed by atoms with Crippen LogP contribution in [0.2, 0.25) is 0 Å². The Bertz CT molecular complexity index is 926. The first kappa shape index (κ1) is 17.8. The summed E-state index contributed by atoms with van der Waals surface area (Å²) < 4.78 is 16.9. The first-order valence-corrected chi connectivity index (χ1v) is 8.78. The summed E-state index contributed by atoms with van der Waals surface area (Å²) in [7, 11) is 3.06. The molecule has 2 N–H and O–H groups in total. The molecule has 7 nitrogen and oxygen atoms in total. The highest BCUT2D eigenvalue weighted by molar-refractivity contribution is 7.22. The van der Waals surface area contributed by atoms with Crippen LogP contribution in [0.5, 0.6) is 17.2 Å². The van der Waals surface area contributed by atoms with Crippen LogP contribution in [-0.4, -0.2) is 31.7 Å². The molecule has 0 saturated carbocycles. The summed E-state index contributed by atoms with van der Waals surface area (Å²) in [5.41, 5.74) is 6.63. The number of thiazole rings is 1. The minimum atomic E-state index is -0.339. The normalized spacial score (nSPS) is 10.4. The maximum Gasteiger partial charge on any atom is 0.273 e. The molecule has 0 aliphatic heterocycles. The number of benzene rings is 2. The van der Waals surface area contributed by atoms with Crippen molar-refractivity contribution in [2.75, 3.05) is 26.3 Å². The van der Waals surface area contributed by atoms with Crippen LogP contribution in [0.3, 0.4) is 0 Å². The van der Waals surface area contributed by atoms with Gasteiger partial charge in [0.1, 0.15) is 22.8 Å². The Morgan fingerprint density at radius 3 is 2.73 bits per heavy atom. The highest BCUT2D eigenvalue weighted by atomic mass is 32.1. The molecule has 0 unspecified atom stereocenters. The second-order valence-electron chi connectivity index (χ2n) is 5.20. The number of carbonyl (C=O) groups excluding carboxylic acids is 1. The van der Waals surface area contributed by atoms with Crippen LogP contribution in [0.25, 0.3) is 10.2 Å². The number of para-hydroxylation sites is 1. The van der Waals surface area contributed by atoms with Crippen LogP contribution in [0.4, 0.5) is 5.13 Å². The number of anilines is 1. The number of hydrogen-bond acceptors (Lipinski definition) is 7. The number of nitrogens with one attached hydrogen (secondary N) is 2. The smallest absolute Gasteiger partial charge is 0.273 e. The number of nitrogens with zero attached hydrogens (tertiary/aromatic N) is 1. The van der Waals surface area contributed by atoms with Gasteiger partial charge in [-0.05, 0) is 31.2 Å². The van der Waals surface area contributed by atoms with Gasteiger partial charge in [0.2, 0.25) is 5.13 Å². The predicted molar refractivity (Wildman–Crippen MR) is 101 cm³/mol. The van der Waals surface area contributed by atoms with Crippen molar-refractivity contribution < 1.29 is 19.0 Å². The number of fused-ring (bicyclic) bond motifs is 1. The Kier molecular flexibility index (Phi) is 5.43. The van der Waals surface area contributed by atoms with E-state index in [2.05, 4.69) is 15.8 Å². The Labute approximate surface area is 154 Å². The lowest BCUT2D eigenvalue weighted by Gasteiger charge is -2.10. The van der Waals surface area contributed by atoms with E-state index in [4.69, 9.17) is 14.2 Å². The Morgan fingerprint density at radius 1 is 1.15 bits per heavy atom. The molecule has 3 rings (SSSR count). The molecule has 1 amide bonds. The summed E-state index contributed by atoms with van der Waals surface area (Å²) in [5.74, 6) is 1.42. The first-order chi connectivity index (χ1) is 12.7. The first-order valence-electron chi connectivity index (χ1n) is 7.97. The van der Waals surface area contributed by atoms with Gasteiger partial charge in [-0.25, -0.2) is 4.98 Å². The number of amides is 1. The fraction of sp³-hybridized carbons (Fsp3) is 0.222. The van der Waals surface area contributed by atoms with E-state index in [0.717, 1.165) is 16.0 Å². The Balaban J connectivity index is 1.76. The highest BCUT2D eigenvalue weighted by Crippen LogP contribution is 2.32. The van der Waals surface area contributed by atoms with Crippen molar-refractivity contribution in [3.8, 4) is 17.2 Å². The number of hydrazine groups is 1. The van der Waals surface area contributed by atoms with Gasteiger partial charge in [-0.3, -0.25) is 15.6 Å². The van der Waals surface area contributed by atoms with Crippen molar-refractivity contribution in [3.63, 3.8) is 0 Å². The number of ether oxygens (including phenoxy) is 3. The van der Waals surface area contributed by atoms with Crippen LogP contribution in [-0.2, 0) is 0 Å². The Hall–Kier alpha value is -3.00. The topological polar surface area (TPSA) is 81.7 Å². The molecule has 0 spiro atoms. The van der Waals surface area contributed by atoms with E-state index in [1.165, 1.54) is 18.4 Å². The van der Waals surface area contributed by atoms with Crippen molar-refractivity contribution >= 4 is 32.6 Å². The SMILES string of the molecule is CCOc1cccc2sc(NNC(=O)c3ccc(OC)cc3OC)nc12. The van der Waals surface area contributed by atoms with E-state index in [9.17, 15) is 4.79 Å². The van der Waals surface area contributed by atoms with Crippen LogP contribution in [0, 0.1) is 0 Å². The molecule has 1 aromatic heterocycles. The van der Waals surface area contributed by atoms with E-state index in [0.29, 0.717) is 28.8 Å². The third kappa shape index (κ3) is 3.65. The lowest BCUT2D eigenvalue weighted by Crippen LogP contribution is -2.29. The van der Waals surface area contributed by atoms with Gasteiger partial charge in [-0.1, -0.05) is 17.4 Å². The average molecular weight is 373 g/mol. The molecule has 2 aromatic carbocycles. The van der Waals surface area contributed by atoms with Crippen LogP contribution >= 0.6 is 11.3 Å². The zero-order valence-corrected chi connectivity index (χ0v) is 15.5. The van der Waals surface area contributed by atoms with E-state index in [1.807, 2.05) is 25.1 Å². The molecule has 26 heavy (non-hydrogen) atoms. The minimum absolute atomic E-state index is 0.339. The molecule has 3 aromatic rings. The lowest BCUT2D eigenvalue weighted by atomic mass is 10.2. The number of aromatic nitrogens is 1. The maximum absolute atomic E-state index is 12.4. The molecule has 0 saturated heterocycles. The summed E-state index contributed by atoms with van der Waals surface area (Å²) in [6.07, 6.45) is 0. The van der Waals surface area contributed by atoms with Gasteiger partial charge in [0.25, 0.3) is 5.91 Å². The van der Waals surface area contributed by atoms with Crippen molar-refractivity contribution in [2.24, 2.45) is 0 Å². The van der Waals surface area contributed by atoms with Crippen molar-refractivity contribution in [3.05, 3.63) is 42.0 Å². The van der Waals surface area contributed by atoms with Gasteiger partial charge in [0, 0.05) is 6.07 Å². The monoisotopic (exact) mass is 373 g/mol. The number of carbonyl (C=O) groups is 1. The lowest BCUT2D eigenvalue weighted by molar-refractivity contribution is 0.0959. The Morgan fingerprint density at radius 2 is 2.00 bits per heavy atom. The molecule has 0 bridgehead atoms. The molecular weight excluding hydrogens is 354 g/mol. The van der Waals surface area contributed by atoms with Gasteiger partial charge in [-0.2, -0.15) is 0 Å². The summed E-state index contributed by atoms with van der Waals surface area (Å²) in [6, 6.07) is 10.7. The van der Waals surface area contributed by atoms with Gasteiger partial charge >= 0.3 is 0 Å². The van der Waals surface area contributed by atoms with E-state index < -0.39 is 0 Å². The summed E-state index contributed by atoms with van der Waals surface area (Å²) in [6.45, 7) is 2.49. The summed E-state index contributed by atoms with van der Waals surface area (Å²) >= 11 is 1.42. The molecule has 0 aliphatic carbocycles. The number of hydrogen-bond donors (Lipinski definition) is 2. The quantitative estimate of drug-likeness (QED) is 0.617. The largest absolute Gasteiger partial charge is 0.497 e. The van der Waals surface area contributed by atoms with E-state index >= 15 is 0 Å². The highest BCUT2D eigenvalue weighted by Gasteiger charge is 2.14. The minimum Gasteiger partial charge on any atom is -0.497 e. The van der Waals surface area contributed by atoms with Crippen molar-refractivity contribution in [1.29, 1.82) is 0 Å². The number of rotatable bonds is 7. The third-order valence-corrected chi connectivity index (χ3v) is 4.55. The van der Waals surface area contributed by atoms with Crippen LogP contribution in [0.15, 0.2) is 36.4 Å². The molecule has 0 radical (unpaired) electrons. The van der Waals surface area contributed by atoms with Gasteiger partial charge in [0.15, 0.2) is 0 Å². The zero-order valence-electron chi connectivity index (χ0n) is 14.7. The van der Waals surface area contributed by atoms with Gasteiger partial charge in [0.05, 0.1) is 31.1 Å². The fourth-order valence-corrected chi connectivity index (χ4v) is 3.25. The second kappa shape index (κ2) is 7.92. The average Bonchev–Trinajstić information content (AvgIpc) is 3.10. The molecule has 0 atom stereocenters. The maximum atomic E-state index is 12.4. The summed E-state index contributed by atoms with van der Waals surface area (Å²) in [5, 5.41) is 0.563. The zero-order chi connectivity index (χ0) is 18.5. The van der Waals surface area contributed by atoms with Gasteiger partial charge in [-0.15, -0.1) is 0 Å². The molecule has 0 aliphatic rings. The van der Waals surface area contributed by atoms with E-state index in [1.54, 1.807) is 25.3 Å². The number of methoxy groups -OCH3 is 2. The molecule has 136 valence electrons. The molecule has 1 heterocycles. The fourth-order valence-electron chi connectivity index (χ4n) is 2.41.